The first-order valence-corrected chi connectivity index (χ1v) is 12.1. The van der Waals surface area contributed by atoms with Gasteiger partial charge in [0.05, 0.1) is 30.3 Å². The van der Waals surface area contributed by atoms with Crippen molar-refractivity contribution in [2.24, 2.45) is 5.92 Å². The number of methoxy groups -OCH3 is 1. The fourth-order valence-electron chi connectivity index (χ4n) is 3.99. The second-order valence-corrected chi connectivity index (χ2v) is 9.76. The van der Waals surface area contributed by atoms with E-state index in [1.165, 1.54) is 7.11 Å². The fourth-order valence-corrected chi connectivity index (χ4v) is 4.53. The van der Waals surface area contributed by atoms with Gasteiger partial charge < -0.3 is 19.9 Å². The third kappa shape index (κ3) is 5.85. The summed E-state index contributed by atoms with van der Waals surface area (Å²) in [4.78, 5) is 28.8. The van der Waals surface area contributed by atoms with E-state index in [-0.39, 0.29) is 11.9 Å². The molecule has 1 atom stereocenters. The molecule has 0 aromatic heterocycles. The lowest BCUT2D eigenvalue weighted by molar-refractivity contribution is 0.0600. The molecule has 1 aromatic carbocycles. The van der Waals surface area contributed by atoms with Crippen molar-refractivity contribution >= 4 is 33.4 Å². The molecule has 2 heterocycles. The van der Waals surface area contributed by atoms with Crippen LogP contribution in [0, 0.1) is 5.92 Å². The van der Waals surface area contributed by atoms with E-state index in [4.69, 9.17) is 4.74 Å². The van der Waals surface area contributed by atoms with Crippen molar-refractivity contribution in [2.45, 2.75) is 25.7 Å². The quantitative estimate of drug-likeness (QED) is 0.657. The number of amides is 2. The van der Waals surface area contributed by atoms with Crippen LogP contribution in [0.15, 0.2) is 18.2 Å². The van der Waals surface area contributed by atoms with Crippen LogP contribution in [0.5, 0.6) is 0 Å². The average Bonchev–Trinajstić information content (AvgIpc) is 3.26. The molecular formula is C20H30N4O5S. The molecule has 2 amide bonds. The molecule has 3 rings (SSSR count). The van der Waals surface area contributed by atoms with E-state index >= 15 is 0 Å². The van der Waals surface area contributed by atoms with Crippen molar-refractivity contribution in [1.82, 2.24) is 9.62 Å². The molecule has 2 N–H and O–H groups in total. The molecule has 10 heteroatoms. The Morgan fingerprint density at radius 2 is 1.90 bits per heavy atom. The fraction of sp³-hybridized carbons (Fsp3) is 0.600. The topological polar surface area (TPSA) is 108 Å². The van der Waals surface area contributed by atoms with Gasteiger partial charge in [0.1, 0.15) is 0 Å². The number of urea groups is 1. The lowest BCUT2D eigenvalue weighted by atomic mass is 9.99. The summed E-state index contributed by atoms with van der Waals surface area (Å²) in [6.45, 7) is 3.22. The number of nitrogens with one attached hydrogen (secondary N) is 2. The third-order valence-corrected chi connectivity index (χ3v) is 6.24. The normalized spacial score (nSPS) is 19.6. The number of nitrogens with zero attached hydrogens (tertiary/aromatic N) is 2. The van der Waals surface area contributed by atoms with Gasteiger partial charge in [0, 0.05) is 32.7 Å². The summed E-state index contributed by atoms with van der Waals surface area (Å²) in [6.07, 6.45) is 4.99. The minimum absolute atomic E-state index is 0.0682. The van der Waals surface area contributed by atoms with Gasteiger partial charge in [0.2, 0.25) is 10.0 Å². The third-order valence-electron chi connectivity index (χ3n) is 5.55. The predicted octanol–water partition coefficient (Wildman–Crippen LogP) is 1.87. The lowest BCUT2D eigenvalue weighted by Crippen LogP contribution is -2.45. The number of rotatable bonds is 6. The number of anilines is 2. The van der Waals surface area contributed by atoms with Gasteiger partial charge in [-0.3, -0.25) is 0 Å². The average molecular weight is 439 g/mol. The zero-order valence-corrected chi connectivity index (χ0v) is 18.3. The summed E-state index contributed by atoms with van der Waals surface area (Å²) in [5.74, 6) is -0.387. The highest BCUT2D eigenvalue weighted by Crippen LogP contribution is 2.31. The van der Waals surface area contributed by atoms with E-state index in [0.717, 1.165) is 50.7 Å². The minimum Gasteiger partial charge on any atom is -0.465 e. The first kappa shape index (κ1) is 22.4. The van der Waals surface area contributed by atoms with E-state index in [9.17, 15) is 18.0 Å². The molecule has 166 valence electrons. The van der Waals surface area contributed by atoms with Crippen LogP contribution in [0.25, 0.3) is 0 Å². The summed E-state index contributed by atoms with van der Waals surface area (Å²) in [6, 6.07) is 4.97. The van der Waals surface area contributed by atoms with Crippen LogP contribution in [0.2, 0.25) is 0 Å². The van der Waals surface area contributed by atoms with Crippen LogP contribution in [0.4, 0.5) is 16.2 Å². The molecule has 0 radical (unpaired) electrons. The Kier molecular flexibility index (Phi) is 7.19. The molecule has 2 saturated heterocycles. The smallest absolute Gasteiger partial charge is 0.337 e. The molecule has 30 heavy (non-hydrogen) atoms. The molecular weight excluding hydrogens is 408 g/mol. The highest BCUT2D eigenvalue weighted by Gasteiger charge is 2.26. The number of esters is 1. The van der Waals surface area contributed by atoms with Crippen LogP contribution >= 0.6 is 0 Å². The molecule has 2 fully saturated rings. The molecule has 2 aliphatic rings. The number of benzene rings is 1. The van der Waals surface area contributed by atoms with Gasteiger partial charge in [0.15, 0.2) is 0 Å². The van der Waals surface area contributed by atoms with Gasteiger partial charge in [-0.2, -0.15) is 0 Å². The van der Waals surface area contributed by atoms with Gasteiger partial charge in [-0.25, -0.2) is 22.7 Å². The van der Waals surface area contributed by atoms with E-state index in [2.05, 4.69) is 14.9 Å². The molecule has 0 unspecified atom stereocenters. The number of hydrogen-bond donors (Lipinski definition) is 2. The van der Waals surface area contributed by atoms with Crippen molar-refractivity contribution in [3.05, 3.63) is 23.8 Å². The van der Waals surface area contributed by atoms with E-state index < -0.39 is 16.0 Å². The number of hydrogen-bond acceptors (Lipinski definition) is 6. The van der Waals surface area contributed by atoms with Gasteiger partial charge in [-0.1, -0.05) is 0 Å². The highest BCUT2D eigenvalue weighted by molar-refractivity contribution is 7.88. The number of carbonyl (C=O) groups excluding carboxylic acids is 2. The Balaban J connectivity index is 1.73. The predicted molar refractivity (Wildman–Crippen MR) is 115 cm³/mol. The van der Waals surface area contributed by atoms with Crippen molar-refractivity contribution < 1.29 is 22.7 Å². The summed E-state index contributed by atoms with van der Waals surface area (Å²) in [5, 5.41) is 2.97. The number of sulfonamides is 1. The van der Waals surface area contributed by atoms with Crippen LogP contribution < -0.4 is 14.9 Å². The minimum atomic E-state index is -3.26. The molecule has 0 spiro atoms. The first-order chi connectivity index (χ1) is 14.3. The molecule has 0 saturated carbocycles. The van der Waals surface area contributed by atoms with E-state index in [1.807, 2.05) is 6.07 Å². The van der Waals surface area contributed by atoms with Crippen LogP contribution in [0.3, 0.4) is 0 Å². The van der Waals surface area contributed by atoms with Gasteiger partial charge in [-0.05, 0) is 49.8 Å². The van der Waals surface area contributed by atoms with Gasteiger partial charge >= 0.3 is 12.0 Å². The standard InChI is InChI=1S/C20H30N4O5S/c1-29-19(25)16-7-8-18(23-9-3-4-10-23)17(12-16)22-20(26)24-11-5-6-15(14-24)13-21-30(2,27)28/h7-8,12,15,21H,3-6,9-11,13-14H2,1-2H3,(H,22,26)/t15-/m0/s1. The molecule has 9 nitrogen and oxygen atoms in total. The zero-order valence-electron chi connectivity index (χ0n) is 17.5. The van der Waals surface area contributed by atoms with Crippen LogP contribution in [0.1, 0.15) is 36.0 Å². The van der Waals surface area contributed by atoms with E-state index in [0.29, 0.717) is 30.9 Å². The second kappa shape index (κ2) is 9.65. The largest absolute Gasteiger partial charge is 0.465 e. The Labute approximate surface area is 177 Å². The zero-order chi connectivity index (χ0) is 21.7. The van der Waals surface area contributed by atoms with Gasteiger partial charge in [0.25, 0.3) is 0 Å². The lowest BCUT2D eigenvalue weighted by Gasteiger charge is -2.33. The number of ether oxygens (including phenoxy) is 1. The summed E-state index contributed by atoms with van der Waals surface area (Å²) in [5.41, 5.74) is 1.85. The van der Waals surface area contributed by atoms with Crippen LogP contribution in [-0.4, -0.2) is 71.4 Å². The second-order valence-electron chi connectivity index (χ2n) is 7.92. The Hall–Kier alpha value is -2.33. The van der Waals surface area contributed by atoms with Crippen molar-refractivity contribution in [3.63, 3.8) is 0 Å². The monoisotopic (exact) mass is 438 g/mol. The number of carbonyl (C=O) groups is 2. The summed E-state index contributed by atoms with van der Waals surface area (Å²) >= 11 is 0. The van der Waals surface area contributed by atoms with Crippen LogP contribution in [-0.2, 0) is 14.8 Å². The highest BCUT2D eigenvalue weighted by atomic mass is 32.2. The maximum Gasteiger partial charge on any atom is 0.337 e. The first-order valence-electron chi connectivity index (χ1n) is 10.2. The van der Waals surface area contributed by atoms with Crippen molar-refractivity contribution in [3.8, 4) is 0 Å². The molecule has 2 aliphatic heterocycles. The summed E-state index contributed by atoms with van der Waals surface area (Å²) in [7, 11) is -1.93. The van der Waals surface area contributed by atoms with Crippen molar-refractivity contribution in [1.29, 1.82) is 0 Å². The number of likely N-dealkylation sites (tertiary alicyclic amines) is 1. The number of piperidine rings is 1. The van der Waals surface area contributed by atoms with E-state index in [1.54, 1.807) is 17.0 Å². The molecule has 0 bridgehead atoms. The maximum atomic E-state index is 13.0. The Bertz CT molecular complexity index is 883. The Morgan fingerprint density at radius 3 is 2.57 bits per heavy atom. The van der Waals surface area contributed by atoms with Crippen molar-refractivity contribution in [2.75, 3.05) is 56.3 Å². The molecule has 1 aromatic rings. The SMILES string of the molecule is COC(=O)c1ccc(N2CCCC2)c(NC(=O)N2CCC[C@@H](CNS(C)(=O)=O)C2)c1. The summed E-state index contributed by atoms with van der Waals surface area (Å²) < 4.78 is 30.1. The Morgan fingerprint density at radius 1 is 1.17 bits per heavy atom. The maximum absolute atomic E-state index is 13.0. The molecule has 0 aliphatic carbocycles. The van der Waals surface area contributed by atoms with Gasteiger partial charge in [-0.15, -0.1) is 0 Å².